The lowest BCUT2D eigenvalue weighted by atomic mass is 9.98. The number of hydrogen-bond acceptors (Lipinski definition) is 1. The molecule has 0 atom stereocenters. The molecule has 0 unspecified atom stereocenters. The Labute approximate surface area is 118 Å². The number of rotatable bonds is 2. The molecule has 1 nitrogen and oxygen atoms in total. The van der Waals surface area contributed by atoms with Gasteiger partial charge in [-0.05, 0) is 40.5 Å². The first-order valence-corrected chi connectivity index (χ1v) is 6.53. The molecule has 0 heterocycles. The van der Waals surface area contributed by atoms with Gasteiger partial charge >= 0.3 is 0 Å². The molecule has 3 aromatic carbocycles. The van der Waals surface area contributed by atoms with Crippen LogP contribution in [0.4, 0.5) is 0 Å². The lowest BCUT2D eigenvalue weighted by Gasteiger charge is -2.06. The lowest BCUT2D eigenvalue weighted by Crippen LogP contribution is -1.82. The van der Waals surface area contributed by atoms with Gasteiger partial charge in [-0.1, -0.05) is 60.7 Å². The fraction of sp³-hybridized carbons (Fsp3) is 0. The Kier molecular flexibility index (Phi) is 3.31. The van der Waals surface area contributed by atoms with E-state index < -0.39 is 0 Å². The van der Waals surface area contributed by atoms with Crippen LogP contribution in [0.1, 0.15) is 5.56 Å². The van der Waals surface area contributed by atoms with Gasteiger partial charge in [0.2, 0.25) is 0 Å². The normalized spacial score (nSPS) is 9.95. The summed E-state index contributed by atoms with van der Waals surface area (Å²) in [6.07, 6.45) is 0. The zero-order chi connectivity index (χ0) is 13.8. The third-order valence-corrected chi connectivity index (χ3v) is 3.32. The first-order valence-electron chi connectivity index (χ1n) is 6.53. The first-order chi connectivity index (χ1) is 9.86. The van der Waals surface area contributed by atoms with E-state index in [0.717, 1.165) is 11.1 Å². The van der Waals surface area contributed by atoms with E-state index in [4.69, 9.17) is 5.26 Å². The minimum atomic E-state index is 0.688. The molecule has 0 N–H and O–H groups in total. The third kappa shape index (κ3) is 2.46. The van der Waals surface area contributed by atoms with Gasteiger partial charge in [-0.15, -0.1) is 0 Å². The molecule has 0 aliphatic carbocycles. The van der Waals surface area contributed by atoms with Crippen LogP contribution in [-0.4, -0.2) is 0 Å². The quantitative estimate of drug-likeness (QED) is 0.639. The summed E-state index contributed by atoms with van der Waals surface area (Å²) in [7, 11) is 0. The van der Waals surface area contributed by atoms with Crippen molar-refractivity contribution in [3.05, 3.63) is 84.4 Å². The van der Waals surface area contributed by atoms with E-state index in [1.54, 1.807) is 0 Å². The second-order valence-electron chi connectivity index (χ2n) is 4.64. The van der Waals surface area contributed by atoms with Crippen LogP contribution >= 0.6 is 0 Å². The van der Waals surface area contributed by atoms with E-state index >= 15 is 0 Å². The SMILES string of the molecule is N#Cc1ccc(-c2cccc(-c3ccccc3)c2)cc1. The van der Waals surface area contributed by atoms with Crippen LogP contribution < -0.4 is 0 Å². The second kappa shape index (κ2) is 5.42. The summed E-state index contributed by atoms with van der Waals surface area (Å²) in [5.41, 5.74) is 5.39. The van der Waals surface area contributed by atoms with Crippen molar-refractivity contribution in [2.75, 3.05) is 0 Å². The summed E-state index contributed by atoms with van der Waals surface area (Å²) < 4.78 is 0. The predicted molar refractivity (Wildman–Crippen MR) is 82.0 cm³/mol. The molecule has 0 aliphatic heterocycles. The molecule has 1 heteroatoms. The van der Waals surface area contributed by atoms with Gasteiger partial charge in [0.15, 0.2) is 0 Å². The molecule has 0 radical (unpaired) electrons. The largest absolute Gasteiger partial charge is 0.192 e. The van der Waals surface area contributed by atoms with Crippen molar-refractivity contribution in [3.63, 3.8) is 0 Å². The van der Waals surface area contributed by atoms with Crippen LogP contribution in [0.15, 0.2) is 78.9 Å². The topological polar surface area (TPSA) is 23.8 Å². The number of benzene rings is 3. The van der Waals surface area contributed by atoms with E-state index in [1.165, 1.54) is 11.1 Å². The highest BCUT2D eigenvalue weighted by Gasteiger charge is 2.01. The fourth-order valence-electron chi connectivity index (χ4n) is 2.25. The molecule has 94 valence electrons. The third-order valence-electron chi connectivity index (χ3n) is 3.32. The molecule has 0 amide bonds. The predicted octanol–water partition coefficient (Wildman–Crippen LogP) is 4.89. The first kappa shape index (κ1) is 12.2. The summed E-state index contributed by atoms with van der Waals surface area (Å²) in [5, 5.41) is 8.84. The van der Waals surface area contributed by atoms with Gasteiger partial charge in [0.05, 0.1) is 11.6 Å². The molecular weight excluding hydrogens is 242 g/mol. The van der Waals surface area contributed by atoms with Crippen molar-refractivity contribution in [1.82, 2.24) is 0 Å². The molecule has 0 saturated carbocycles. The molecule has 20 heavy (non-hydrogen) atoms. The van der Waals surface area contributed by atoms with Crippen LogP contribution in [0.3, 0.4) is 0 Å². The molecule has 3 rings (SSSR count). The Balaban J connectivity index is 2.01. The Bertz CT molecular complexity index is 750. The zero-order valence-electron chi connectivity index (χ0n) is 11.0. The van der Waals surface area contributed by atoms with Crippen LogP contribution in [0.2, 0.25) is 0 Å². The minimum absolute atomic E-state index is 0.688. The lowest BCUT2D eigenvalue weighted by molar-refractivity contribution is 1.48. The van der Waals surface area contributed by atoms with Crippen LogP contribution in [0, 0.1) is 11.3 Å². The molecule has 0 aromatic heterocycles. The highest BCUT2D eigenvalue weighted by Crippen LogP contribution is 2.26. The van der Waals surface area contributed by atoms with Crippen molar-refractivity contribution >= 4 is 0 Å². The average Bonchev–Trinajstić information content (AvgIpc) is 2.56. The van der Waals surface area contributed by atoms with Gasteiger partial charge in [0.25, 0.3) is 0 Å². The number of nitriles is 1. The minimum Gasteiger partial charge on any atom is -0.192 e. The van der Waals surface area contributed by atoms with Crippen molar-refractivity contribution in [1.29, 1.82) is 5.26 Å². The number of hydrogen-bond donors (Lipinski definition) is 0. The fourth-order valence-corrected chi connectivity index (χ4v) is 2.25. The Hall–Kier alpha value is -2.85. The van der Waals surface area contributed by atoms with Crippen molar-refractivity contribution in [2.24, 2.45) is 0 Å². The summed E-state index contributed by atoms with van der Waals surface area (Å²) in [5.74, 6) is 0. The monoisotopic (exact) mass is 255 g/mol. The van der Waals surface area contributed by atoms with Crippen LogP contribution in [0.25, 0.3) is 22.3 Å². The summed E-state index contributed by atoms with van der Waals surface area (Å²) in [6, 6.07) is 28.6. The van der Waals surface area contributed by atoms with Crippen LogP contribution in [-0.2, 0) is 0 Å². The zero-order valence-corrected chi connectivity index (χ0v) is 11.0. The maximum Gasteiger partial charge on any atom is 0.0991 e. The highest BCUT2D eigenvalue weighted by molar-refractivity contribution is 5.73. The summed E-state index contributed by atoms with van der Waals surface area (Å²) in [4.78, 5) is 0. The van der Waals surface area contributed by atoms with Gasteiger partial charge in [-0.25, -0.2) is 0 Å². The molecule has 3 aromatic rings. The standard InChI is InChI=1S/C19H13N/c20-14-15-9-11-17(12-10-15)19-8-4-7-18(13-19)16-5-2-1-3-6-16/h1-13H. The number of nitrogens with zero attached hydrogens (tertiary/aromatic N) is 1. The van der Waals surface area contributed by atoms with E-state index in [0.29, 0.717) is 5.56 Å². The second-order valence-corrected chi connectivity index (χ2v) is 4.64. The van der Waals surface area contributed by atoms with Crippen molar-refractivity contribution in [3.8, 4) is 28.3 Å². The molecular formula is C19H13N. The summed E-state index contributed by atoms with van der Waals surface area (Å²) in [6.45, 7) is 0. The van der Waals surface area contributed by atoms with Gasteiger partial charge in [0, 0.05) is 0 Å². The smallest absolute Gasteiger partial charge is 0.0991 e. The van der Waals surface area contributed by atoms with E-state index in [-0.39, 0.29) is 0 Å². The van der Waals surface area contributed by atoms with Gasteiger partial charge < -0.3 is 0 Å². The molecule has 0 saturated heterocycles. The maximum atomic E-state index is 8.84. The highest BCUT2D eigenvalue weighted by atomic mass is 14.2. The van der Waals surface area contributed by atoms with E-state index in [9.17, 15) is 0 Å². The Morgan fingerprint density at radius 1 is 0.550 bits per heavy atom. The Morgan fingerprint density at radius 3 is 1.70 bits per heavy atom. The molecule has 0 aliphatic rings. The van der Waals surface area contributed by atoms with Gasteiger partial charge in [-0.3, -0.25) is 0 Å². The van der Waals surface area contributed by atoms with Crippen molar-refractivity contribution in [2.45, 2.75) is 0 Å². The Morgan fingerprint density at radius 2 is 1.10 bits per heavy atom. The van der Waals surface area contributed by atoms with Gasteiger partial charge in [-0.2, -0.15) is 5.26 Å². The molecule has 0 fully saturated rings. The van der Waals surface area contributed by atoms with E-state index in [2.05, 4.69) is 42.5 Å². The van der Waals surface area contributed by atoms with Crippen molar-refractivity contribution < 1.29 is 0 Å². The van der Waals surface area contributed by atoms with E-state index in [1.807, 2.05) is 42.5 Å². The average molecular weight is 255 g/mol. The molecule has 0 spiro atoms. The summed E-state index contributed by atoms with van der Waals surface area (Å²) >= 11 is 0. The molecule has 0 bridgehead atoms. The maximum absolute atomic E-state index is 8.84. The van der Waals surface area contributed by atoms with Crippen LogP contribution in [0.5, 0.6) is 0 Å². The van der Waals surface area contributed by atoms with Gasteiger partial charge in [0.1, 0.15) is 0 Å².